The number of aromatic amines is 1. The van der Waals surface area contributed by atoms with Crippen molar-refractivity contribution in [3.05, 3.63) is 49.4 Å². The van der Waals surface area contributed by atoms with E-state index in [0.717, 1.165) is 11.1 Å². The number of H-pyrrole nitrogens is 1. The van der Waals surface area contributed by atoms with Crippen LogP contribution in [0.4, 0.5) is 0 Å². The number of rotatable bonds is 3. The third-order valence-corrected chi connectivity index (χ3v) is 3.62. The molecule has 0 radical (unpaired) electrons. The lowest BCUT2D eigenvalue weighted by atomic mass is 10.1. The number of aryl methyl sites for hydroxylation is 1. The second-order valence-electron chi connectivity index (χ2n) is 3.98. The summed E-state index contributed by atoms with van der Waals surface area (Å²) in [5.74, 6) is 0.580. The average molecular weight is 356 g/mol. The van der Waals surface area contributed by atoms with Gasteiger partial charge < -0.3 is 9.72 Å². The smallest absolute Gasteiger partial charge is 0.264 e. The van der Waals surface area contributed by atoms with Gasteiger partial charge in [0.1, 0.15) is 9.39 Å². The van der Waals surface area contributed by atoms with E-state index in [1.807, 2.05) is 53.8 Å². The summed E-state index contributed by atoms with van der Waals surface area (Å²) in [7, 11) is 1.59. The van der Waals surface area contributed by atoms with E-state index in [4.69, 9.17) is 4.74 Å². The lowest BCUT2D eigenvalue weighted by Gasteiger charge is -2.06. The molecule has 1 aromatic heterocycles. The average Bonchev–Trinajstić information content (AvgIpc) is 2.35. The molecule has 0 spiro atoms. The van der Waals surface area contributed by atoms with E-state index < -0.39 is 0 Å². The van der Waals surface area contributed by atoms with Gasteiger partial charge >= 0.3 is 0 Å². The fourth-order valence-corrected chi connectivity index (χ4v) is 2.08. The van der Waals surface area contributed by atoms with E-state index in [9.17, 15) is 4.79 Å². The highest BCUT2D eigenvalue weighted by molar-refractivity contribution is 14.1. The minimum atomic E-state index is -0.130. The van der Waals surface area contributed by atoms with Crippen LogP contribution in [-0.4, -0.2) is 17.1 Å². The first-order valence-corrected chi connectivity index (χ1v) is 6.54. The van der Waals surface area contributed by atoms with Gasteiger partial charge in [0.25, 0.3) is 5.56 Å². The van der Waals surface area contributed by atoms with Gasteiger partial charge in [0.15, 0.2) is 0 Å². The summed E-state index contributed by atoms with van der Waals surface area (Å²) >= 11 is 1.98. The highest BCUT2D eigenvalue weighted by Gasteiger charge is 2.10. The molecule has 94 valence electrons. The molecule has 0 aliphatic rings. The van der Waals surface area contributed by atoms with Crippen molar-refractivity contribution in [1.29, 1.82) is 0 Å². The SMILES string of the molecule is COCc1nc(-c2cccc(C)c2)[nH]c(=O)c1I. The first-order chi connectivity index (χ1) is 8.61. The van der Waals surface area contributed by atoms with Gasteiger partial charge in [-0.25, -0.2) is 4.98 Å². The lowest BCUT2D eigenvalue weighted by molar-refractivity contribution is 0.180. The van der Waals surface area contributed by atoms with E-state index in [-0.39, 0.29) is 5.56 Å². The molecule has 0 fully saturated rings. The standard InChI is InChI=1S/C13H13IN2O2/c1-8-4-3-5-9(6-8)12-15-10(7-18-2)11(14)13(17)16-12/h3-6H,7H2,1-2H3,(H,15,16,17). The van der Waals surface area contributed by atoms with E-state index in [2.05, 4.69) is 9.97 Å². The molecule has 0 bridgehead atoms. The number of nitrogens with one attached hydrogen (secondary N) is 1. The Balaban J connectivity index is 2.55. The zero-order valence-electron chi connectivity index (χ0n) is 10.2. The number of benzene rings is 1. The Bertz CT molecular complexity index is 623. The van der Waals surface area contributed by atoms with Crippen LogP contribution >= 0.6 is 22.6 Å². The zero-order valence-corrected chi connectivity index (χ0v) is 12.3. The summed E-state index contributed by atoms with van der Waals surface area (Å²) < 4.78 is 5.63. The fraction of sp³-hybridized carbons (Fsp3) is 0.231. The Morgan fingerprint density at radius 1 is 1.44 bits per heavy atom. The van der Waals surface area contributed by atoms with Crippen molar-refractivity contribution >= 4 is 22.6 Å². The van der Waals surface area contributed by atoms with Crippen molar-refractivity contribution in [1.82, 2.24) is 9.97 Å². The Morgan fingerprint density at radius 3 is 2.89 bits per heavy atom. The summed E-state index contributed by atoms with van der Waals surface area (Å²) in [6, 6.07) is 7.86. The van der Waals surface area contributed by atoms with Crippen LogP contribution in [-0.2, 0) is 11.3 Å². The Hall–Kier alpha value is -1.21. The first-order valence-electron chi connectivity index (χ1n) is 5.46. The number of aromatic nitrogens is 2. The normalized spacial score (nSPS) is 10.6. The van der Waals surface area contributed by atoms with Crippen LogP contribution in [0.3, 0.4) is 0 Å². The van der Waals surface area contributed by atoms with Gasteiger partial charge in [-0.3, -0.25) is 4.79 Å². The zero-order chi connectivity index (χ0) is 13.1. The van der Waals surface area contributed by atoms with E-state index >= 15 is 0 Å². The number of hydrogen-bond donors (Lipinski definition) is 1. The van der Waals surface area contributed by atoms with Crippen molar-refractivity contribution in [3.8, 4) is 11.4 Å². The largest absolute Gasteiger partial charge is 0.378 e. The summed E-state index contributed by atoms with van der Waals surface area (Å²) in [5.41, 5.74) is 2.57. The summed E-state index contributed by atoms with van der Waals surface area (Å²) in [5, 5.41) is 0. The van der Waals surface area contributed by atoms with Crippen LogP contribution < -0.4 is 5.56 Å². The van der Waals surface area contributed by atoms with Crippen LogP contribution in [0.1, 0.15) is 11.3 Å². The molecule has 0 aliphatic heterocycles. The van der Waals surface area contributed by atoms with Gasteiger partial charge in [-0.05, 0) is 35.6 Å². The Labute approximate surface area is 119 Å². The predicted molar refractivity (Wildman–Crippen MR) is 78.5 cm³/mol. The summed E-state index contributed by atoms with van der Waals surface area (Å²) in [6.45, 7) is 2.34. The van der Waals surface area contributed by atoms with Gasteiger partial charge in [-0.1, -0.05) is 23.8 Å². The van der Waals surface area contributed by atoms with Gasteiger partial charge in [-0.15, -0.1) is 0 Å². The van der Waals surface area contributed by atoms with Crippen LogP contribution in [0.15, 0.2) is 29.1 Å². The maximum absolute atomic E-state index is 11.8. The summed E-state index contributed by atoms with van der Waals surface area (Å²) in [4.78, 5) is 19.1. The second kappa shape index (κ2) is 5.62. The highest BCUT2D eigenvalue weighted by atomic mass is 127. The monoisotopic (exact) mass is 356 g/mol. The number of nitrogens with zero attached hydrogens (tertiary/aromatic N) is 1. The molecular weight excluding hydrogens is 343 g/mol. The molecule has 0 atom stereocenters. The van der Waals surface area contributed by atoms with E-state index in [1.54, 1.807) is 7.11 Å². The van der Waals surface area contributed by atoms with Crippen molar-refractivity contribution in [2.24, 2.45) is 0 Å². The second-order valence-corrected chi connectivity index (χ2v) is 5.06. The van der Waals surface area contributed by atoms with Gasteiger partial charge in [0, 0.05) is 12.7 Å². The first kappa shape index (κ1) is 13.2. The van der Waals surface area contributed by atoms with E-state index in [1.165, 1.54) is 0 Å². The van der Waals surface area contributed by atoms with Gasteiger partial charge in [0.2, 0.25) is 0 Å². The van der Waals surface area contributed by atoms with Crippen LogP contribution in [0.2, 0.25) is 0 Å². The van der Waals surface area contributed by atoms with Crippen LogP contribution in [0, 0.1) is 10.5 Å². The molecule has 1 heterocycles. The molecule has 0 saturated carbocycles. The van der Waals surface area contributed by atoms with Crippen LogP contribution in [0.25, 0.3) is 11.4 Å². The Morgan fingerprint density at radius 2 is 2.22 bits per heavy atom. The number of halogens is 1. The minimum Gasteiger partial charge on any atom is -0.378 e. The predicted octanol–water partition coefficient (Wildman–Crippen LogP) is 2.50. The quantitative estimate of drug-likeness (QED) is 0.860. The van der Waals surface area contributed by atoms with E-state index in [0.29, 0.717) is 21.7 Å². The number of methoxy groups -OCH3 is 1. The third kappa shape index (κ3) is 2.78. The highest BCUT2D eigenvalue weighted by Crippen LogP contribution is 2.17. The summed E-state index contributed by atoms with van der Waals surface area (Å²) in [6.07, 6.45) is 0. The number of hydrogen-bond acceptors (Lipinski definition) is 3. The van der Waals surface area contributed by atoms with Crippen molar-refractivity contribution in [3.63, 3.8) is 0 Å². The molecule has 18 heavy (non-hydrogen) atoms. The topological polar surface area (TPSA) is 55.0 Å². The molecule has 2 rings (SSSR count). The minimum absolute atomic E-state index is 0.130. The molecule has 0 saturated heterocycles. The lowest BCUT2D eigenvalue weighted by Crippen LogP contribution is -2.16. The number of ether oxygens (including phenoxy) is 1. The molecular formula is C13H13IN2O2. The molecule has 0 aliphatic carbocycles. The maximum Gasteiger partial charge on any atom is 0.264 e. The molecule has 2 aromatic rings. The van der Waals surface area contributed by atoms with Crippen molar-refractivity contribution in [2.75, 3.05) is 7.11 Å². The third-order valence-electron chi connectivity index (χ3n) is 2.50. The molecule has 4 nitrogen and oxygen atoms in total. The molecule has 5 heteroatoms. The maximum atomic E-state index is 11.8. The fourth-order valence-electron chi connectivity index (χ4n) is 1.67. The molecule has 0 unspecified atom stereocenters. The Kier molecular flexibility index (Phi) is 4.13. The van der Waals surface area contributed by atoms with Crippen molar-refractivity contribution in [2.45, 2.75) is 13.5 Å². The molecule has 0 amide bonds. The van der Waals surface area contributed by atoms with Gasteiger partial charge in [0.05, 0.1) is 12.3 Å². The van der Waals surface area contributed by atoms with Crippen molar-refractivity contribution < 1.29 is 4.74 Å². The molecule has 1 aromatic carbocycles. The molecule has 1 N–H and O–H groups in total. The van der Waals surface area contributed by atoms with Crippen LogP contribution in [0.5, 0.6) is 0 Å². The van der Waals surface area contributed by atoms with Gasteiger partial charge in [-0.2, -0.15) is 0 Å².